The zero-order chi connectivity index (χ0) is 6.83. The number of hydrogen-bond acceptors (Lipinski definition) is 4. The molecule has 0 aliphatic rings. The van der Waals surface area contributed by atoms with Crippen LogP contribution in [-0.4, -0.2) is 71.8 Å². The summed E-state index contributed by atoms with van der Waals surface area (Å²) in [7, 11) is 0. The van der Waals surface area contributed by atoms with E-state index in [4.69, 9.17) is 11.5 Å². The Hall–Kier alpha value is 1.32. The Labute approximate surface area is 92.5 Å². The van der Waals surface area contributed by atoms with Crippen LogP contribution in [0, 0.1) is 0 Å². The first-order valence-electron chi connectivity index (χ1n) is 2.39. The molecule has 52 valence electrons. The van der Waals surface area contributed by atoms with Crippen molar-refractivity contribution in [2.45, 2.75) is 0 Å². The average molecular weight is 208 g/mol. The van der Waals surface area contributed by atoms with Crippen LogP contribution in [0.15, 0.2) is 0 Å². The van der Waals surface area contributed by atoms with Crippen molar-refractivity contribution >= 4 is 45.5 Å². The molecule has 0 aliphatic heterocycles. The van der Waals surface area contributed by atoms with Gasteiger partial charge >= 0.3 is 45.5 Å². The summed E-state index contributed by atoms with van der Waals surface area (Å²) in [5.74, 6) is 0. The van der Waals surface area contributed by atoms with Gasteiger partial charge in [0.2, 0.25) is 0 Å². The molecule has 0 rings (SSSR count). The van der Waals surface area contributed by atoms with Crippen molar-refractivity contribution in [1.82, 2.24) is 0 Å². The second-order valence-electron chi connectivity index (χ2n) is 0.986. The Kier molecular flexibility index (Phi) is 42.4. The second kappa shape index (κ2) is 22.8. The van der Waals surface area contributed by atoms with Crippen LogP contribution in [0.3, 0.4) is 0 Å². The Morgan fingerprint density at radius 2 is 1.00 bits per heavy atom. The minimum atomic E-state index is -0.153. The van der Waals surface area contributed by atoms with E-state index in [0.29, 0.717) is 0 Å². The van der Waals surface area contributed by atoms with Crippen molar-refractivity contribution in [1.29, 1.82) is 0 Å². The Morgan fingerprint density at radius 1 is 0.889 bits per heavy atom. The molecule has 0 saturated carbocycles. The number of rotatable bonds is 2. The molecule has 0 fully saturated rings. The molecule has 9 heavy (non-hydrogen) atoms. The van der Waals surface area contributed by atoms with Gasteiger partial charge in [-0.3, -0.25) is 0 Å². The zero-order valence-electron chi connectivity index (χ0n) is 5.51. The summed E-state index contributed by atoms with van der Waals surface area (Å²) in [5, 5.41) is 18.3. The first-order chi connectivity index (χ1) is 3.83. The van der Waals surface area contributed by atoms with Crippen molar-refractivity contribution in [2.75, 3.05) is 26.3 Å². The van der Waals surface area contributed by atoms with Crippen molar-refractivity contribution in [3.8, 4) is 0 Å². The molecular weight excluding hydrogens is 196 g/mol. The van der Waals surface area contributed by atoms with E-state index in [1.807, 2.05) is 0 Å². The molecule has 0 atom stereocenters. The zero-order valence-corrected chi connectivity index (χ0v) is 8.98. The van der Waals surface area contributed by atoms with Crippen molar-refractivity contribution in [3.05, 3.63) is 0 Å². The molecule has 0 aromatic carbocycles. The quantitative estimate of drug-likeness (QED) is 0.455. The molecule has 0 unspecified atom stereocenters. The van der Waals surface area contributed by atoms with Gasteiger partial charge in [0.05, 0.1) is 0 Å². The van der Waals surface area contributed by atoms with E-state index in [0.717, 1.165) is 0 Å². The molecule has 0 aromatic heterocycles. The number of nitrogens with two attached hydrogens (primary N) is 2. The standard InChI is InChI=1S/2C2H6NO.Sr/c2*3-1-2-4;/h2*1-3H2;/q2*-1;+2. The predicted octanol–water partition coefficient (Wildman–Crippen LogP) is -3.77. The predicted molar refractivity (Wildman–Crippen MR) is 33.6 cm³/mol. The minimum Gasteiger partial charge on any atom is -0.854 e. The third-order valence-corrected chi connectivity index (χ3v) is 0.236. The summed E-state index contributed by atoms with van der Waals surface area (Å²) in [6.07, 6.45) is 0. The molecule has 0 amide bonds. The molecule has 4 nitrogen and oxygen atoms in total. The largest absolute Gasteiger partial charge is 2.00 e. The molecule has 0 bridgehead atoms. The van der Waals surface area contributed by atoms with Gasteiger partial charge in [-0.05, 0) is 13.1 Å². The molecule has 0 spiro atoms. The monoisotopic (exact) mass is 208 g/mol. The summed E-state index contributed by atoms with van der Waals surface area (Å²) < 4.78 is 0. The van der Waals surface area contributed by atoms with Crippen LogP contribution in [0.4, 0.5) is 0 Å². The molecule has 0 radical (unpaired) electrons. The van der Waals surface area contributed by atoms with Gasteiger partial charge in [-0.2, -0.15) is 0 Å². The summed E-state index contributed by atoms with van der Waals surface area (Å²) in [5.41, 5.74) is 9.43. The number of hydrogen-bond donors (Lipinski definition) is 2. The Balaban J connectivity index is -0.0000000720. The van der Waals surface area contributed by atoms with E-state index in [9.17, 15) is 10.2 Å². The van der Waals surface area contributed by atoms with Gasteiger partial charge in [-0.1, -0.05) is 0 Å². The van der Waals surface area contributed by atoms with Crippen LogP contribution in [-0.2, 0) is 0 Å². The second-order valence-corrected chi connectivity index (χ2v) is 0.986. The van der Waals surface area contributed by atoms with Crippen molar-refractivity contribution in [2.24, 2.45) is 11.5 Å². The van der Waals surface area contributed by atoms with E-state index >= 15 is 0 Å². The Bertz CT molecular complexity index is 24.5. The van der Waals surface area contributed by atoms with E-state index in [1.54, 1.807) is 0 Å². The smallest absolute Gasteiger partial charge is 0.854 e. The van der Waals surface area contributed by atoms with E-state index in [-0.39, 0.29) is 71.8 Å². The van der Waals surface area contributed by atoms with Gasteiger partial charge in [0, 0.05) is 0 Å². The van der Waals surface area contributed by atoms with E-state index in [2.05, 4.69) is 0 Å². The van der Waals surface area contributed by atoms with Gasteiger partial charge in [0.25, 0.3) is 0 Å². The fourth-order valence-corrected chi connectivity index (χ4v) is 0. The molecule has 4 N–H and O–H groups in total. The average Bonchev–Trinajstić information content (AvgIpc) is 1.88. The fraction of sp³-hybridized carbons (Fsp3) is 1.00. The van der Waals surface area contributed by atoms with Crippen molar-refractivity contribution in [3.63, 3.8) is 0 Å². The maximum absolute atomic E-state index is 9.17. The first kappa shape index (κ1) is 16.7. The molecule has 5 heteroatoms. The maximum Gasteiger partial charge on any atom is 2.00 e. The minimum absolute atomic E-state index is 0. The molecular formula is C4H12N2O2Sr. The summed E-state index contributed by atoms with van der Waals surface area (Å²) in [6, 6.07) is 0. The Morgan fingerprint density at radius 3 is 1.00 bits per heavy atom. The topological polar surface area (TPSA) is 98.2 Å². The molecule has 0 aliphatic carbocycles. The van der Waals surface area contributed by atoms with Crippen LogP contribution >= 0.6 is 0 Å². The van der Waals surface area contributed by atoms with Crippen LogP contribution in [0.2, 0.25) is 0 Å². The third kappa shape index (κ3) is 45.3. The van der Waals surface area contributed by atoms with Gasteiger partial charge in [0.15, 0.2) is 0 Å². The first-order valence-corrected chi connectivity index (χ1v) is 2.39. The van der Waals surface area contributed by atoms with Crippen LogP contribution in [0.1, 0.15) is 0 Å². The normalized spacial score (nSPS) is 6.67. The van der Waals surface area contributed by atoms with Gasteiger partial charge < -0.3 is 21.7 Å². The van der Waals surface area contributed by atoms with Gasteiger partial charge in [-0.25, -0.2) is 0 Å². The van der Waals surface area contributed by atoms with Gasteiger partial charge in [0.1, 0.15) is 0 Å². The summed E-state index contributed by atoms with van der Waals surface area (Å²) in [4.78, 5) is 0. The fourth-order valence-electron chi connectivity index (χ4n) is 0. The van der Waals surface area contributed by atoms with Crippen LogP contribution in [0.5, 0.6) is 0 Å². The summed E-state index contributed by atoms with van der Waals surface area (Å²) in [6.45, 7) is 0.222. The van der Waals surface area contributed by atoms with E-state index < -0.39 is 0 Å². The SMILES string of the molecule is NCC[O-].NCC[O-].[Sr+2]. The van der Waals surface area contributed by atoms with Gasteiger partial charge in [-0.15, -0.1) is 13.2 Å². The molecule has 0 heterocycles. The van der Waals surface area contributed by atoms with E-state index in [1.165, 1.54) is 0 Å². The summed E-state index contributed by atoms with van der Waals surface area (Å²) >= 11 is 0. The maximum atomic E-state index is 9.17. The third-order valence-electron chi connectivity index (χ3n) is 0.236. The molecule has 0 aromatic rings. The van der Waals surface area contributed by atoms with Crippen LogP contribution < -0.4 is 21.7 Å². The van der Waals surface area contributed by atoms with Crippen LogP contribution in [0.25, 0.3) is 0 Å². The van der Waals surface area contributed by atoms with Crippen molar-refractivity contribution < 1.29 is 10.2 Å². The molecule has 0 saturated heterocycles.